The van der Waals surface area contributed by atoms with Crippen LogP contribution in [0.5, 0.6) is 0 Å². The van der Waals surface area contributed by atoms with E-state index >= 15 is 0 Å². The van der Waals surface area contributed by atoms with E-state index in [0.717, 1.165) is 10.2 Å². The molecule has 0 saturated heterocycles. The van der Waals surface area contributed by atoms with Gasteiger partial charge in [-0.2, -0.15) is 5.10 Å². The minimum Gasteiger partial charge on any atom is -0.398 e. The highest BCUT2D eigenvalue weighted by molar-refractivity contribution is 9.10. The first-order valence-electron chi connectivity index (χ1n) is 5.76. The Labute approximate surface area is 119 Å². The van der Waals surface area contributed by atoms with Crippen LogP contribution in [0.3, 0.4) is 0 Å². The van der Waals surface area contributed by atoms with Crippen molar-refractivity contribution in [3.63, 3.8) is 0 Å². The average molecular weight is 323 g/mol. The summed E-state index contributed by atoms with van der Waals surface area (Å²) in [5, 5.41) is 7.06. The molecule has 0 bridgehead atoms. The summed E-state index contributed by atoms with van der Waals surface area (Å²) in [4.78, 5) is 12.2. The van der Waals surface area contributed by atoms with Gasteiger partial charge in [-0.05, 0) is 48.0 Å². The van der Waals surface area contributed by atoms with Crippen molar-refractivity contribution in [1.82, 2.24) is 9.78 Å². The number of nitrogen functional groups attached to an aromatic ring is 1. The van der Waals surface area contributed by atoms with E-state index in [1.165, 1.54) is 0 Å². The molecule has 0 aliphatic carbocycles. The van der Waals surface area contributed by atoms with Crippen LogP contribution in [0, 0.1) is 13.8 Å². The van der Waals surface area contributed by atoms with Gasteiger partial charge < -0.3 is 11.1 Å². The van der Waals surface area contributed by atoms with Crippen LogP contribution in [-0.4, -0.2) is 15.7 Å². The lowest BCUT2D eigenvalue weighted by Crippen LogP contribution is -2.14. The third-order valence-corrected chi connectivity index (χ3v) is 3.71. The molecule has 1 aromatic heterocycles. The van der Waals surface area contributed by atoms with E-state index in [1.807, 2.05) is 20.9 Å². The van der Waals surface area contributed by atoms with Gasteiger partial charge in [0.15, 0.2) is 0 Å². The normalized spacial score (nSPS) is 10.5. The van der Waals surface area contributed by atoms with Crippen molar-refractivity contribution in [1.29, 1.82) is 0 Å². The molecule has 19 heavy (non-hydrogen) atoms. The van der Waals surface area contributed by atoms with E-state index in [0.29, 0.717) is 22.6 Å². The summed E-state index contributed by atoms with van der Waals surface area (Å²) in [6.45, 7) is 3.68. The Hall–Kier alpha value is -1.82. The van der Waals surface area contributed by atoms with E-state index in [1.54, 1.807) is 22.9 Å². The zero-order chi connectivity index (χ0) is 14.2. The van der Waals surface area contributed by atoms with E-state index in [9.17, 15) is 4.79 Å². The van der Waals surface area contributed by atoms with Crippen LogP contribution in [0.25, 0.3) is 0 Å². The van der Waals surface area contributed by atoms with Gasteiger partial charge in [0.05, 0.1) is 11.3 Å². The van der Waals surface area contributed by atoms with Crippen molar-refractivity contribution < 1.29 is 4.79 Å². The maximum atomic E-state index is 12.2. The number of benzene rings is 1. The molecule has 2 rings (SSSR count). The van der Waals surface area contributed by atoms with Crippen LogP contribution in [0.2, 0.25) is 0 Å². The standard InChI is InChI=1S/C13H15BrN4O/c1-7-12(8(2)18(3)17-7)13(19)16-9-4-5-10(14)11(15)6-9/h4-6H,15H2,1-3H3,(H,16,19). The molecule has 0 aliphatic rings. The molecule has 0 radical (unpaired) electrons. The smallest absolute Gasteiger partial charge is 0.259 e. The number of amides is 1. The fraction of sp³-hybridized carbons (Fsp3) is 0.231. The fourth-order valence-corrected chi connectivity index (χ4v) is 2.16. The first kappa shape index (κ1) is 13.6. The van der Waals surface area contributed by atoms with Crippen LogP contribution >= 0.6 is 15.9 Å². The third-order valence-electron chi connectivity index (χ3n) is 2.99. The zero-order valence-electron chi connectivity index (χ0n) is 11.0. The Balaban J connectivity index is 2.28. The Kier molecular flexibility index (Phi) is 3.61. The van der Waals surface area contributed by atoms with Gasteiger partial charge in [-0.1, -0.05) is 0 Å². The third kappa shape index (κ3) is 2.63. The van der Waals surface area contributed by atoms with E-state index in [4.69, 9.17) is 5.73 Å². The van der Waals surface area contributed by atoms with Gasteiger partial charge in [0, 0.05) is 28.6 Å². The second-order valence-electron chi connectivity index (χ2n) is 4.36. The van der Waals surface area contributed by atoms with Crippen molar-refractivity contribution in [2.24, 2.45) is 7.05 Å². The molecule has 6 heteroatoms. The number of aryl methyl sites for hydroxylation is 2. The minimum absolute atomic E-state index is 0.176. The average Bonchev–Trinajstić information content (AvgIpc) is 2.58. The summed E-state index contributed by atoms with van der Waals surface area (Å²) < 4.78 is 2.50. The lowest BCUT2D eigenvalue weighted by atomic mass is 10.2. The number of carbonyl (C=O) groups is 1. The van der Waals surface area contributed by atoms with E-state index in [-0.39, 0.29) is 5.91 Å². The minimum atomic E-state index is -0.176. The number of carbonyl (C=O) groups excluding carboxylic acids is 1. The van der Waals surface area contributed by atoms with Crippen molar-refractivity contribution in [2.45, 2.75) is 13.8 Å². The molecular formula is C13H15BrN4O. The lowest BCUT2D eigenvalue weighted by molar-refractivity contribution is 0.102. The summed E-state index contributed by atoms with van der Waals surface area (Å²) in [6.07, 6.45) is 0. The number of anilines is 2. The molecule has 1 heterocycles. The first-order chi connectivity index (χ1) is 8.90. The number of hydrogen-bond donors (Lipinski definition) is 2. The molecule has 1 aromatic carbocycles. The Bertz CT molecular complexity index is 648. The van der Waals surface area contributed by atoms with Crippen LogP contribution in [0.1, 0.15) is 21.7 Å². The molecule has 0 fully saturated rings. The monoisotopic (exact) mass is 322 g/mol. The number of nitrogens with one attached hydrogen (secondary N) is 1. The maximum Gasteiger partial charge on any atom is 0.259 e. The molecule has 2 aromatic rings. The predicted octanol–water partition coefficient (Wildman–Crippen LogP) is 2.63. The van der Waals surface area contributed by atoms with Crippen molar-refractivity contribution >= 4 is 33.2 Å². The van der Waals surface area contributed by atoms with Gasteiger partial charge in [-0.15, -0.1) is 0 Å². The molecular weight excluding hydrogens is 308 g/mol. The summed E-state index contributed by atoms with van der Waals surface area (Å²) >= 11 is 3.32. The lowest BCUT2D eigenvalue weighted by Gasteiger charge is -2.07. The summed E-state index contributed by atoms with van der Waals surface area (Å²) in [5.41, 5.74) is 9.17. The maximum absolute atomic E-state index is 12.2. The summed E-state index contributed by atoms with van der Waals surface area (Å²) in [6, 6.07) is 5.30. The summed E-state index contributed by atoms with van der Waals surface area (Å²) in [5.74, 6) is -0.176. The largest absolute Gasteiger partial charge is 0.398 e. The molecule has 0 saturated carbocycles. The Morgan fingerprint density at radius 2 is 2.11 bits per heavy atom. The molecule has 0 atom stereocenters. The number of rotatable bonds is 2. The van der Waals surface area contributed by atoms with Gasteiger partial charge >= 0.3 is 0 Å². The quantitative estimate of drug-likeness (QED) is 0.835. The van der Waals surface area contributed by atoms with Crippen molar-refractivity contribution in [3.8, 4) is 0 Å². The zero-order valence-corrected chi connectivity index (χ0v) is 12.6. The molecule has 0 aliphatic heterocycles. The molecule has 1 amide bonds. The van der Waals surface area contributed by atoms with Gasteiger partial charge in [-0.25, -0.2) is 0 Å². The first-order valence-corrected chi connectivity index (χ1v) is 6.56. The molecule has 3 N–H and O–H groups in total. The second-order valence-corrected chi connectivity index (χ2v) is 5.21. The van der Waals surface area contributed by atoms with Crippen LogP contribution in [0.4, 0.5) is 11.4 Å². The van der Waals surface area contributed by atoms with Gasteiger partial charge in [0.25, 0.3) is 5.91 Å². The molecule has 0 spiro atoms. The molecule has 100 valence electrons. The fourth-order valence-electron chi connectivity index (χ4n) is 1.92. The summed E-state index contributed by atoms with van der Waals surface area (Å²) in [7, 11) is 1.82. The molecule has 0 unspecified atom stereocenters. The highest BCUT2D eigenvalue weighted by Gasteiger charge is 2.17. The number of halogens is 1. The van der Waals surface area contributed by atoms with Crippen molar-refractivity contribution in [2.75, 3.05) is 11.1 Å². The van der Waals surface area contributed by atoms with Crippen LogP contribution in [-0.2, 0) is 7.05 Å². The number of hydrogen-bond acceptors (Lipinski definition) is 3. The molecule has 5 nitrogen and oxygen atoms in total. The Morgan fingerprint density at radius 3 is 2.63 bits per heavy atom. The Morgan fingerprint density at radius 1 is 1.42 bits per heavy atom. The second kappa shape index (κ2) is 5.05. The topological polar surface area (TPSA) is 72.9 Å². The van der Waals surface area contributed by atoms with Crippen LogP contribution in [0.15, 0.2) is 22.7 Å². The highest BCUT2D eigenvalue weighted by Crippen LogP contribution is 2.23. The predicted molar refractivity (Wildman–Crippen MR) is 79.2 cm³/mol. The van der Waals surface area contributed by atoms with Gasteiger partial charge in [-0.3, -0.25) is 9.48 Å². The number of aromatic nitrogens is 2. The number of nitrogens with zero attached hydrogens (tertiary/aromatic N) is 2. The van der Waals surface area contributed by atoms with Crippen LogP contribution < -0.4 is 11.1 Å². The van der Waals surface area contributed by atoms with Gasteiger partial charge in [0.2, 0.25) is 0 Å². The SMILES string of the molecule is Cc1nn(C)c(C)c1C(=O)Nc1ccc(Br)c(N)c1. The van der Waals surface area contributed by atoms with E-state index in [2.05, 4.69) is 26.3 Å². The number of nitrogens with two attached hydrogens (primary N) is 1. The van der Waals surface area contributed by atoms with Gasteiger partial charge in [0.1, 0.15) is 0 Å². The van der Waals surface area contributed by atoms with Crippen molar-refractivity contribution in [3.05, 3.63) is 39.6 Å². The highest BCUT2D eigenvalue weighted by atomic mass is 79.9. The van der Waals surface area contributed by atoms with E-state index < -0.39 is 0 Å².